The first-order valence-electron chi connectivity index (χ1n) is 6.27. The molecule has 18 heavy (non-hydrogen) atoms. The Morgan fingerprint density at radius 2 is 2.06 bits per heavy atom. The zero-order valence-electron chi connectivity index (χ0n) is 11.4. The van der Waals surface area contributed by atoms with E-state index < -0.39 is 0 Å². The third-order valence-electron chi connectivity index (χ3n) is 3.35. The van der Waals surface area contributed by atoms with Crippen LogP contribution in [0.4, 0.5) is 5.69 Å². The van der Waals surface area contributed by atoms with E-state index in [-0.39, 0.29) is 11.9 Å². The van der Waals surface area contributed by atoms with Gasteiger partial charge in [0.15, 0.2) is 0 Å². The zero-order valence-corrected chi connectivity index (χ0v) is 12.1. The molecule has 0 spiro atoms. The zero-order chi connectivity index (χ0) is 13.7. The second-order valence-corrected chi connectivity index (χ2v) is 5.02. The summed E-state index contributed by atoms with van der Waals surface area (Å²) in [5.41, 5.74) is 1.37. The van der Waals surface area contributed by atoms with Gasteiger partial charge < -0.3 is 10.6 Å². The van der Waals surface area contributed by atoms with Crippen molar-refractivity contribution in [3.05, 3.63) is 28.8 Å². The molecule has 4 heteroatoms. The van der Waals surface area contributed by atoms with Crippen LogP contribution in [0, 0.1) is 5.92 Å². The van der Waals surface area contributed by atoms with Crippen molar-refractivity contribution in [3.63, 3.8) is 0 Å². The van der Waals surface area contributed by atoms with Crippen LogP contribution in [0.1, 0.15) is 37.6 Å². The highest BCUT2D eigenvalue weighted by molar-refractivity contribution is 6.31. The second-order valence-electron chi connectivity index (χ2n) is 4.59. The lowest BCUT2D eigenvalue weighted by Crippen LogP contribution is -2.37. The van der Waals surface area contributed by atoms with Crippen molar-refractivity contribution in [1.82, 2.24) is 5.32 Å². The number of nitrogens with one attached hydrogen (secondary N) is 2. The molecule has 0 aliphatic carbocycles. The topological polar surface area (TPSA) is 41.1 Å². The molecular formula is C14H21ClN2O. The molecule has 2 atom stereocenters. The first-order chi connectivity index (χ1) is 8.49. The van der Waals surface area contributed by atoms with Crippen LogP contribution in [0.25, 0.3) is 0 Å². The lowest BCUT2D eigenvalue weighted by molar-refractivity contribution is 0.0929. The molecule has 0 aromatic heterocycles. The predicted octanol–water partition coefficient (Wildman–Crippen LogP) is 3.55. The molecule has 0 aliphatic heterocycles. The van der Waals surface area contributed by atoms with Gasteiger partial charge in [0, 0.05) is 23.8 Å². The smallest absolute Gasteiger partial charge is 0.253 e. The Bertz CT molecular complexity index is 420. The monoisotopic (exact) mass is 268 g/mol. The number of amides is 1. The van der Waals surface area contributed by atoms with Gasteiger partial charge in [-0.05, 0) is 31.0 Å². The molecule has 1 amide bonds. The first-order valence-corrected chi connectivity index (χ1v) is 6.65. The summed E-state index contributed by atoms with van der Waals surface area (Å²) in [6, 6.07) is 5.41. The van der Waals surface area contributed by atoms with E-state index in [0.29, 0.717) is 16.5 Å². The minimum Gasteiger partial charge on any atom is -0.387 e. The van der Waals surface area contributed by atoms with Gasteiger partial charge in [-0.3, -0.25) is 4.79 Å². The molecule has 1 aromatic rings. The van der Waals surface area contributed by atoms with E-state index in [2.05, 4.69) is 24.5 Å². The highest BCUT2D eigenvalue weighted by atomic mass is 35.5. The molecule has 3 nitrogen and oxygen atoms in total. The molecule has 0 radical (unpaired) electrons. The van der Waals surface area contributed by atoms with Crippen LogP contribution in [0.15, 0.2) is 18.2 Å². The molecule has 2 unspecified atom stereocenters. The lowest BCUT2D eigenvalue weighted by Gasteiger charge is -2.20. The van der Waals surface area contributed by atoms with Crippen LogP contribution in [-0.2, 0) is 0 Å². The van der Waals surface area contributed by atoms with Crippen LogP contribution >= 0.6 is 11.6 Å². The van der Waals surface area contributed by atoms with Crippen LogP contribution in [0.5, 0.6) is 0 Å². The Hall–Kier alpha value is -1.22. The minimum absolute atomic E-state index is 0.0883. The second kappa shape index (κ2) is 6.64. The highest BCUT2D eigenvalue weighted by Gasteiger charge is 2.16. The van der Waals surface area contributed by atoms with Gasteiger partial charge in [0.05, 0.1) is 5.56 Å². The number of anilines is 1. The van der Waals surface area contributed by atoms with Crippen LogP contribution in [0.3, 0.4) is 0 Å². The van der Waals surface area contributed by atoms with E-state index >= 15 is 0 Å². The van der Waals surface area contributed by atoms with E-state index in [0.717, 1.165) is 12.1 Å². The predicted molar refractivity (Wildman–Crippen MR) is 77.4 cm³/mol. The van der Waals surface area contributed by atoms with Crippen LogP contribution in [0.2, 0.25) is 5.02 Å². The van der Waals surface area contributed by atoms with E-state index in [4.69, 9.17) is 11.6 Å². The van der Waals surface area contributed by atoms with Crippen molar-refractivity contribution in [3.8, 4) is 0 Å². The molecule has 0 fully saturated rings. The molecule has 0 saturated heterocycles. The maximum atomic E-state index is 12.2. The normalized spacial score (nSPS) is 13.8. The van der Waals surface area contributed by atoms with Gasteiger partial charge >= 0.3 is 0 Å². The first kappa shape index (κ1) is 14.8. The summed E-state index contributed by atoms with van der Waals surface area (Å²) in [7, 11) is 1.79. The summed E-state index contributed by atoms with van der Waals surface area (Å²) < 4.78 is 0. The molecule has 0 bridgehead atoms. The fourth-order valence-corrected chi connectivity index (χ4v) is 1.87. The molecule has 0 aliphatic rings. The van der Waals surface area contributed by atoms with E-state index in [1.165, 1.54) is 0 Å². The van der Waals surface area contributed by atoms with E-state index in [1.54, 1.807) is 19.2 Å². The van der Waals surface area contributed by atoms with Gasteiger partial charge in [0.1, 0.15) is 0 Å². The minimum atomic E-state index is -0.0883. The quantitative estimate of drug-likeness (QED) is 0.858. The third kappa shape index (κ3) is 3.64. The third-order valence-corrected chi connectivity index (χ3v) is 3.59. The average Bonchev–Trinajstić information content (AvgIpc) is 2.37. The fraction of sp³-hybridized carbons (Fsp3) is 0.500. The summed E-state index contributed by atoms with van der Waals surface area (Å²) in [5, 5.41) is 6.58. The number of halogens is 1. The Labute approximate surface area is 114 Å². The van der Waals surface area contributed by atoms with E-state index in [9.17, 15) is 4.79 Å². The number of hydrogen-bond donors (Lipinski definition) is 2. The molecule has 1 rings (SSSR count). The van der Waals surface area contributed by atoms with Crippen LogP contribution < -0.4 is 10.6 Å². The standard InChI is InChI=1S/C14H21ClN2O/c1-5-9(2)10(3)17-14(18)12-8-11(15)6-7-13(12)16-4/h6-10,16H,5H2,1-4H3,(H,17,18). The number of carbonyl (C=O) groups excluding carboxylic acids is 1. The van der Waals surface area contributed by atoms with Crippen molar-refractivity contribution < 1.29 is 4.79 Å². The number of rotatable bonds is 5. The SMILES string of the molecule is CCC(C)C(C)NC(=O)c1cc(Cl)ccc1NC. The summed E-state index contributed by atoms with van der Waals surface area (Å²) >= 11 is 5.94. The summed E-state index contributed by atoms with van der Waals surface area (Å²) in [5.74, 6) is 0.362. The maximum Gasteiger partial charge on any atom is 0.253 e. The Morgan fingerprint density at radius 3 is 2.61 bits per heavy atom. The Morgan fingerprint density at radius 1 is 1.39 bits per heavy atom. The van der Waals surface area contributed by atoms with Crippen molar-refractivity contribution in [2.45, 2.75) is 33.2 Å². The molecule has 1 aromatic carbocycles. The number of benzene rings is 1. The van der Waals surface area contributed by atoms with Gasteiger partial charge in [0.2, 0.25) is 0 Å². The summed E-state index contributed by atoms with van der Waals surface area (Å²) in [4.78, 5) is 12.2. The van der Waals surface area contributed by atoms with Gasteiger partial charge in [-0.1, -0.05) is 31.9 Å². The molecule has 0 heterocycles. The maximum absolute atomic E-state index is 12.2. The van der Waals surface area contributed by atoms with Crippen molar-refractivity contribution in [2.24, 2.45) is 5.92 Å². The largest absolute Gasteiger partial charge is 0.387 e. The Balaban J connectivity index is 2.87. The van der Waals surface area contributed by atoms with Crippen molar-refractivity contribution in [2.75, 3.05) is 12.4 Å². The van der Waals surface area contributed by atoms with Gasteiger partial charge in [-0.15, -0.1) is 0 Å². The number of hydrogen-bond acceptors (Lipinski definition) is 2. The van der Waals surface area contributed by atoms with Crippen molar-refractivity contribution in [1.29, 1.82) is 0 Å². The Kier molecular flexibility index (Phi) is 5.48. The highest BCUT2D eigenvalue weighted by Crippen LogP contribution is 2.20. The van der Waals surface area contributed by atoms with Crippen molar-refractivity contribution >= 4 is 23.2 Å². The lowest BCUT2D eigenvalue weighted by atomic mass is 10.0. The molecular weight excluding hydrogens is 248 g/mol. The average molecular weight is 269 g/mol. The van der Waals surface area contributed by atoms with Gasteiger partial charge in [0.25, 0.3) is 5.91 Å². The van der Waals surface area contributed by atoms with Gasteiger partial charge in [-0.2, -0.15) is 0 Å². The summed E-state index contributed by atoms with van der Waals surface area (Å²) in [6.07, 6.45) is 1.04. The molecule has 0 saturated carbocycles. The van der Waals surface area contributed by atoms with Crippen LogP contribution in [-0.4, -0.2) is 19.0 Å². The number of carbonyl (C=O) groups is 1. The van der Waals surface area contributed by atoms with Gasteiger partial charge in [-0.25, -0.2) is 0 Å². The van der Waals surface area contributed by atoms with E-state index in [1.807, 2.05) is 13.0 Å². The fourth-order valence-electron chi connectivity index (χ4n) is 1.70. The summed E-state index contributed by atoms with van der Waals surface area (Å²) in [6.45, 7) is 6.27. The molecule has 2 N–H and O–H groups in total. The molecule has 100 valence electrons.